The first-order valence-corrected chi connectivity index (χ1v) is 5.53. The van der Waals surface area contributed by atoms with Crippen molar-refractivity contribution in [3.05, 3.63) is 45.5 Å². The van der Waals surface area contributed by atoms with Gasteiger partial charge in [0.25, 0.3) is 12.5 Å². The predicted octanol–water partition coefficient (Wildman–Crippen LogP) is 1.70. The summed E-state index contributed by atoms with van der Waals surface area (Å²) < 4.78 is 0. The van der Waals surface area contributed by atoms with Crippen molar-refractivity contribution in [2.75, 3.05) is 6.54 Å². The van der Waals surface area contributed by atoms with E-state index in [4.69, 9.17) is 0 Å². The zero-order valence-corrected chi connectivity index (χ0v) is 9.97. The number of amides is 1. The molecule has 1 N–H and O–H groups in total. The molecule has 0 aliphatic rings. The smallest absolute Gasteiger partial charge is 0.292 e. The summed E-state index contributed by atoms with van der Waals surface area (Å²) in [7, 11) is 0. The van der Waals surface area contributed by atoms with Crippen molar-refractivity contribution < 1.29 is 9.72 Å². The summed E-state index contributed by atoms with van der Waals surface area (Å²) in [5.74, 6) is -0.568. The first-order chi connectivity index (χ1) is 8.02. The van der Waals surface area contributed by atoms with Crippen LogP contribution in [0.3, 0.4) is 0 Å². The minimum atomic E-state index is -0.683. The van der Waals surface area contributed by atoms with E-state index in [1.54, 1.807) is 6.92 Å². The Morgan fingerprint density at radius 2 is 2.00 bits per heavy atom. The molecule has 1 aromatic rings. The Labute approximate surface area is 100.0 Å². The molecule has 5 heteroatoms. The van der Waals surface area contributed by atoms with E-state index in [9.17, 15) is 14.9 Å². The second-order valence-electron chi connectivity index (χ2n) is 3.88. The first kappa shape index (κ1) is 13.2. The van der Waals surface area contributed by atoms with Crippen molar-refractivity contribution >= 4 is 5.91 Å². The highest BCUT2D eigenvalue weighted by Gasteiger charge is 2.13. The number of rotatable bonds is 5. The maximum absolute atomic E-state index is 11.2. The average molecular weight is 236 g/mol. The fourth-order valence-electron chi connectivity index (χ4n) is 1.53. The minimum Gasteiger partial charge on any atom is -0.344 e. The highest BCUT2D eigenvalue weighted by molar-refractivity contribution is 5.77. The first-order valence-electron chi connectivity index (χ1n) is 5.53. The molecule has 1 unspecified atom stereocenters. The van der Waals surface area contributed by atoms with Gasteiger partial charge in [-0.1, -0.05) is 31.2 Å². The molecule has 0 fully saturated rings. The number of carbonyl (C=O) groups excluding carboxylic acids is 1. The molecule has 0 saturated carbocycles. The summed E-state index contributed by atoms with van der Waals surface area (Å²) in [6.45, 7) is 3.19. The van der Waals surface area contributed by atoms with Crippen molar-refractivity contribution in [1.82, 2.24) is 5.32 Å². The lowest BCUT2D eigenvalue weighted by Crippen LogP contribution is -2.32. The Balaban J connectivity index is 2.59. The Bertz CT molecular complexity index is 401. The number of nitrogens with one attached hydrogen (secondary N) is 1. The standard InChI is InChI=1S/C12H16N2O3/c1-3-10-4-6-11(7-5-10)9(2)13-12(15)8-14(16)17/h4-7,9H,3,8H2,1-2H3,(H,13,15). The predicted molar refractivity (Wildman–Crippen MR) is 64.2 cm³/mol. The van der Waals surface area contributed by atoms with E-state index >= 15 is 0 Å². The normalized spacial score (nSPS) is 11.9. The fourth-order valence-corrected chi connectivity index (χ4v) is 1.53. The largest absolute Gasteiger partial charge is 0.344 e. The molecule has 5 nitrogen and oxygen atoms in total. The topological polar surface area (TPSA) is 72.2 Å². The Morgan fingerprint density at radius 1 is 1.41 bits per heavy atom. The molecule has 0 spiro atoms. The van der Waals surface area contributed by atoms with Gasteiger partial charge in [-0.3, -0.25) is 14.9 Å². The molecule has 1 atom stereocenters. The number of nitrogens with zero attached hydrogens (tertiary/aromatic N) is 1. The Kier molecular flexibility index (Phi) is 4.63. The van der Waals surface area contributed by atoms with Crippen LogP contribution in [0.4, 0.5) is 0 Å². The lowest BCUT2D eigenvalue weighted by Gasteiger charge is -2.13. The number of hydrogen-bond acceptors (Lipinski definition) is 3. The summed E-state index contributed by atoms with van der Waals surface area (Å²) in [5, 5.41) is 12.7. The van der Waals surface area contributed by atoms with Crippen LogP contribution in [0.15, 0.2) is 24.3 Å². The van der Waals surface area contributed by atoms with Crippen LogP contribution < -0.4 is 5.32 Å². The van der Waals surface area contributed by atoms with Gasteiger partial charge < -0.3 is 5.32 Å². The van der Waals surface area contributed by atoms with E-state index in [1.807, 2.05) is 24.3 Å². The molecule has 0 aromatic heterocycles. The van der Waals surface area contributed by atoms with Gasteiger partial charge in [-0.15, -0.1) is 0 Å². The van der Waals surface area contributed by atoms with E-state index in [0.29, 0.717) is 0 Å². The fraction of sp³-hybridized carbons (Fsp3) is 0.417. The van der Waals surface area contributed by atoms with Crippen molar-refractivity contribution in [1.29, 1.82) is 0 Å². The number of carbonyl (C=O) groups is 1. The molecular weight excluding hydrogens is 220 g/mol. The van der Waals surface area contributed by atoms with Gasteiger partial charge in [-0.25, -0.2) is 0 Å². The molecular formula is C12H16N2O3. The van der Waals surface area contributed by atoms with Crippen LogP contribution in [0.1, 0.15) is 31.0 Å². The van der Waals surface area contributed by atoms with Gasteiger partial charge in [0.05, 0.1) is 6.04 Å². The van der Waals surface area contributed by atoms with Gasteiger partial charge in [0, 0.05) is 4.92 Å². The van der Waals surface area contributed by atoms with E-state index in [-0.39, 0.29) is 6.04 Å². The van der Waals surface area contributed by atoms with Gasteiger partial charge in [0.1, 0.15) is 0 Å². The van der Waals surface area contributed by atoms with E-state index in [1.165, 1.54) is 5.56 Å². The van der Waals surface area contributed by atoms with Crippen LogP contribution in [-0.2, 0) is 11.2 Å². The van der Waals surface area contributed by atoms with Crippen LogP contribution >= 0.6 is 0 Å². The SMILES string of the molecule is CCc1ccc(C(C)NC(=O)C[N+](=O)[O-])cc1. The molecule has 1 rings (SSSR count). The lowest BCUT2D eigenvalue weighted by molar-refractivity contribution is -0.467. The third-order valence-electron chi connectivity index (χ3n) is 2.54. The average Bonchev–Trinajstić information content (AvgIpc) is 2.28. The molecule has 0 saturated heterocycles. The Hall–Kier alpha value is -1.91. The van der Waals surface area contributed by atoms with Crippen LogP contribution in [0.25, 0.3) is 0 Å². The highest BCUT2D eigenvalue weighted by Crippen LogP contribution is 2.13. The molecule has 17 heavy (non-hydrogen) atoms. The van der Waals surface area contributed by atoms with Gasteiger partial charge in [-0.2, -0.15) is 0 Å². The second-order valence-corrected chi connectivity index (χ2v) is 3.88. The zero-order chi connectivity index (χ0) is 12.8. The summed E-state index contributed by atoms with van der Waals surface area (Å²) in [6.07, 6.45) is 0.961. The highest BCUT2D eigenvalue weighted by atomic mass is 16.6. The molecule has 1 amide bonds. The Morgan fingerprint density at radius 3 is 2.47 bits per heavy atom. The number of nitro groups is 1. The molecule has 0 aliphatic heterocycles. The van der Waals surface area contributed by atoms with Crippen LogP contribution in [0.5, 0.6) is 0 Å². The van der Waals surface area contributed by atoms with Crippen molar-refractivity contribution in [2.24, 2.45) is 0 Å². The molecule has 92 valence electrons. The molecule has 1 aromatic carbocycles. The van der Waals surface area contributed by atoms with Crippen molar-refractivity contribution in [3.8, 4) is 0 Å². The number of hydrogen-bond donors (Lipinski definition) is 1. The third-order valence-corrected chi connectivity index (χ3v) is 2.54. The maximum Gasteiger partial charge on any atom is 0.292 e. The zero-order valence-electron chi connectivity index (χ0n) is 9.97. The number of benzene rings is 1. The summed E-state index contributed by atoms with van der Waals surface area (Å²) >= 11 is 0. The van der Waals surface area contributed by atoms with Gasteiger partial charge >= 0.3 is 0 Å². The summed E-state index contributed by atoms with van der Waals surface area (Å²) in [6, 6.07) is 7.62. The quantitative estimate of drug-likeness (QED) is 0.624. The second kappa shape index (κ2) is 5.98. The van der Waals surface area contributed by atoms with E-state index < -0.39 is 17.4 Å². The molecule has 0 bridgehead atoms. The summed E-state index contributed by atoms with van der Waals surface area (Å²) in [5.41, 5.74) is 2.16. The van der Waals surface area contributed by atoms with Crippen LogP contribution in [0, 0.1) is 10.1 Å². The molecule has 0 aliphatic carbocycles. The minimum absolute atomic E-state index is 0.214. The van der Waals surface area contributed by atoms with E-state index in [2.05, 4.69) is 12.2 Å². The summed E-state index contributed by atoms with van der Waals surface area (Å²) in [4.78, 5) is 20.7. The number of aryl methyl sites for hydroxylation is 1. The monoisotopic (exact) mass is 236 g/mol. The lowest BCUT2D eigenvalue weighted by atomic mass is 10.1. The van der Waals surface area contributed by atoms with Crippen LogP contribution in [-0.4, -0.2) is 17.4 Å². The van der Waals surface area contributed by atoms with Crippen LogP contribution in [0.2, 0.25) is 0 Å². The molecule has 0 radical (unpaired) electrons. The van der Waals surface area contributed by atoms with Gasteiger partial charge in [0.2, 0.25) is 0 Å². The third kappa shape index (κ3) is 4.22. The van der Waals surface area contributed by atoms with Gasteiger partial charge in [-0.05, 0) is 24.5 Å². The van der Waals surface area contributed by atoms with Crippen molar-refractivity contribution in [3.63, 3.8) is 0 Å². The molecule has 0 heterocycles. The maximum atomic E-state index is 11.2. The van der Waals surface area contributed by atoms with Crippen molar-refractivity contribution in [2.45, 2.75) is 26.3 Å². The van der Waals surface area contributed by atoms with Gasteiger partial charge in [0.15, 0.2) is 0 Å². The van der Waals surface area contributed by atoms with E-state index in [0.717, 1.165) is 12.0 Å².